The maximum Gasteiger partial charge on any atom is 0.342 e. The van der Waals surface area contributed by atoms with Gasteiger partial charge in [0, 0.05) is 25.8 Å². The van der Waals surface area contributed by atoms with Crippen LogP contribution in [0.4, 0.5) is 5.82 Å². The van der Waals surface area contributed by atoms with E-state index >= 15 is 0 Å². The Bertz CT molecular complexity index is 1020. The molecule has 0 bridgehead atoms. The van der Waals surface area contributed by atoms with Gasteiger partial charge in [-0.15, -0.1) is 0 Å². The highest BCUT2D eigenvalue weighted by molar-refractivity contribution is 5.94. The first-order chi connectivity index (χ1) is 15.6. The number of benzene rings is 2. The highest BCUT2D eigenvalue weighted by Gasteiger charge is 2.23. The molecule has 3 aromatic rings. The van der Waals surface area contributed by atoms with Gasteiger partial charge in [-0.05, 0) is 61.6 Å². The van der Waals surface area contributed by atoms with E-state index in [0.717, 1.165) is 32.6 Å². The number of hydrogen-bond acceptors (Lipinski definition) is 5. The Balaban J connectivity index is 1.29. The van der Waals surface area contributed by atoms with Crippen LogP contribution >= 0.6 is 0 Å². The molecular formula is C27H31N3O2. The van der Waals surface area contributed by atoms with Crippen molar-refractivity contribution in [1.29, 1.82) is 0 Å². The molecule has 2 heterocycles. The molecule has 2 aromatic carbocycles. The first kappa shape index (κ1) is 22.0. The van der Waals surface area contributed by atoms with Crippen molar-refractivity contribution in [3.63, 3.8) is 0 Å². The predicted octanol–water partition coefficient (Wildman–Crippen LogP) is 5.25. The van der Waals surface area contributed by atoms with Gasteiger partial charge in [0.05, 0.1) is 6.10 Å². The smallest absolute Gasteiger partial charge is 0.342 e. The summed E-state index contributed by atoms with van der Waals surface area (Å²) in [7, 11) is 0. The zero-order chi connectivity index (χ0) is 22.3. The van der Waals surface area contributed by atoms with Crippen molar-refractivity contribution < 1.29 is 9.53 Å². The molecule has 5 heteroatoms. The van der Waals surface area contributed by atoms with E-state index in [1.165, 1.54) is 16.7 Å². The number of carbonyl (C=O) groups excluding carboxylic acids is 1. The van der Waals surface area contributed by atoms with Crippen molar-refractivity contribution in [2.24, 2.45) is 5.92 Å². The molecule has 0 radical (unpaired) electrons. The number of pyridine rings is 1. The Hall–Kier alpha value is -3.18. The number of hydrogen-bond donors (Lipinski definition) is 1. The number of rotatable bonds is 8. The van der Waals surface area contributed by atoms with E-state index in [1.807, 2.05) is 19.9 Å². The van der Waals surface area contributed by atoms with E-state index in [9.17, 15) is 4.79 Å². The zero-order valence-electron chi connectivity index (χ0n) is 18.8. The maximum absolute atomic E-state index is 12.3. The van der Waals surface area contributed by atoms with E-state index in [2.05, 4.69) is 63.7 Å². The molecule has 1 fully saturated rings. The molecule has 1 saturated heterocycles. The second-order valence-electron chi connectivity index (χ2n) is 8.69. The van der Waals surface area contributed by atoms with Crippen LogP contribution in [0.5, 0.6) is 0 Å². The zero-order valence-corrected chi connectivity index (χ0v) is 18.8. The van der Waals surface area contributed by atoms with Crippen molar-refractivity contribution in [3.8, 4) is 11.1 Å². The van der Waals surface area contributed by atoms with Gasteiger partial charge in [0.15, 0.2) is 0 Å². The van der Waals surface area contributed by atoms with Crippen molar-refractivity contribution in [1.82, 2.24) is 9.88 Å². The summed E-state index contributed by atoms with van der Waals surface area (Å²) in [6, 6.07) is 22.9. The molecule has 1 atom stereocenters. The Labute approximate surface area is 190 Å². The molecular weight excluding hydrogens is 398 g/mol. The Morgan fingerprint density at radius 2 is 1.81 bits per heavy atom. The molecule has 5 nitrogen and oxygen atoms in total. The van der Waals surface area contributed by atoms with Crippen LogP contribution in [-0.2, 0) is 11.3 Å². The highest BCUT2D eigenvalue weighted by atomic mass is 16.5. The summed E-state index contributed by atoms with van der Waals surface area (Å²) in [6.07, 6.45) is 2.68. The van der Waals surface area contributed by atoms with E-state index in [0.29, 0.717) is 17.3 Å². The molecule has 0 unspecified atom stereocenters. The number of esters is 1. The van der Waals surface area contributed by atoms with E-state index in [1.54, 1.807) is 18.3 Å². The SMILES string of the molecule is CC(C)OC(=O)c1cccnc1NC[C@H]1CCN(Cc2ccc(-c3ccccc3)cc2)C1. The molecule has 1 aromatic heterocycles. The largest absolute Gasteiger partial charge is 0.459 e. The van der Waals surface area contributed by atoms with E-state index in [-0.39, 0.29) is 12.1 Å². The Morgan fingerprint density at radius 3 is 2.56 bits per heavy atom. The number of anilines is 1. The third-order valence-electron chi connectivity index (χ3n) is 5.77. The summed E-state index contributed by atoms with van der Waals surface area (Å²) in [5.74, 6) is 0.797. The van der Waals surface area contributed by atoms with Gasteiger partial charge in [-0.2, -0.15) is 0 Å². The number of carbonyl (C=O) groups is 1. The summed E-state index contributed by atoms with van der Waals surface area (Å²) in [5, 5.41) is 3.38. The van der Waals surface area contributed by atoms with Gasteiger partial charge < -0.3 is 10.1 Å². The first-order valence-corrected chi connectivity index (χ1v) is 11.3. The van der Waals surface area contributed by atoms with Crippen LogP contribution in [0.1, 0.15) is 36.2 Å². The van der Waals surface area contributed by atoms with Crippen molar-refractivity contribution >= 4 is 11.8 Å². The fourth-order valence-electron chi connectivity index (χ4n) is 4.14. The molecule has 32 heavy (non-hydrogen) atoms. The van der Waals surface area contributed by atoms with Gasteiger partial charge in [-0.25, -0.2) is 9.78 Å². The van der Waals surface area contributed by atoms with Gasteiger partial charge in [0.25, 0.3) is 0 Å². The topological polar surface area (TPSA) is 54.5 Å². The lowest BCUT2D eigenvalue weighted by atomic mass is 10.0. The molecule has 0 amide bonds. The lowest BCUT2D eigenvalue weighted by Gasteiger charge is -2.17. The second-order valence-corrected chi connectivity index (χ2v) is 8.69. The van der Waals surface area contributed by atoms with Crippen molar-refractivity contribution in [2.75, 3.05) is 25.0 Å². The number of ether oxygens (including phenoxy) is 1. The quantitative estimate of drug-likeness (QED) is 0.496. The van der Waals surface area contributed by atoms with Crippen LogP contribution in [0.3, 0.4) is 0 Å². The second kappa shape index (κ2) is 10.4. The summed E-state index contributed by atoms with van der Waals surface area (Å²) in [4.78, 5) is 19.2. The molecule has 0 aliphatic carbocycles. The molecule has 4 rings (SSSR count). The first-order valence-electron chi connectivity index (χ1n) is 11.3. The number of nitrogens with one attached hydrogen (secondary N) is 1. The van der Waals surface area contributed by atoms with Crippen LogP contribution in [0.15, 0.2) is 72.9 Å². The summed E-state index contributed by atoms with van der Waals surface area (Å²) in [6.45, 7) is 7.57. The fraction of sp³-hybridized carbons (Fsp3) is 0.333. The molecule has 0 spiro atoms. The average Bonchev–Trinajstić information content (AvgIpc) is 3.26. The van der Waals surface area contributed by atoms with Gasteiger partial charge in [0.1, 0.15) is 11.4 Å². The van der Waals surface area contributed by atoms with Crippen molar-refractivity contribution in [3.05, 3.63) is 84.1 Å². The molecule has 0 saturated carbocycles. The summed E-state index contributed by atoms with van der Waals surface area (Å²) in [5.41, 5.74) is 4.33. The van der Waals surface area contributed by atoms with Crippen LogP contribution in [-0.4, -0.2) is 41.6 Å². The molecule has 1 N–H and O–H groups in total. The monoisotopic (exact) mass is 429 g/mol. The number of aromatic nitrogens is 1. The fourth-order valence-corrected chi connectivity index (χ4v) is 4.14. The van der Waals surface area contributed by atoms with Gasteiger partial charge in [0.2, 0.25) is 0 Å². The lowest BCUT2D eigenvalue weighted by Crippen LogP contribution is -2.23. The van der Waals surface area contributed by atoms with Gasteiger partial charge in [-0.3, -0.25) is 4.90 Å². The Kier molecular flexibility index (Phi) is 7.17. The van der Waals surface area contributed by atoms with Crippen LogP contribution in [0, 0.1) is 5.92 Å². The number of likely N-dealkylation sites (tertiary alicyclic amines) is 1. The maximum atomic E-state index is 12.3. The Morgan fingerprint density at radius 1 is 1.06 bits per heavy atom. The third kappa shape index (κ3) is 5.74. The number of nitrogens with zero attached hydrogens (tertiary/aromatic N) is 2. The average molecular weight is 430 g/mol. The third-order valence-corrected chi connectivity index (χ3v) is 5.77. The molecule has 1 aliphatic heterocycles. The summed E-state index contributed by atoms with van der Waals surface area (Å²) >= 11 is 0. The van der Waals surface area contributed by atoms with Crippen LogP contribution in [0.2, 0.25) is 0 Å². The van der Waals surface area contributed by atoms with Crippen LogP contribution in [0.25, 0.3) is 11.1 Å². The summed E-state index contributed by atoms with van der Waals surface area (Å²) < 4.78 is 5.34. The van der Waals surface area contributed by atoms with Crippen LogP contribution < -0.4 is 5.32 Å². The predicted molar refractivity (Wildman–Crippen MR) is 129 cm³/mol. The molecule has 166 valence electrons. The minimum atomic E-state index is -0.331. The van der Waals surface area contributed by atoms with E-state index in [4.69, 9.17) is 4.74 Å². The standard InChI is InChI=1S/C27H31N3O2/c1-20(2)32-27(31)25-9-6-15-28-26(25)29-17-22-14-16-30(19-22)18-21-10-12-24(13-11-21)23-7-4-3-5-8-23/h3-13,15,20,22H,14,16-19H2,1-2H3,(H,28,29)/t22-/m1/s1. The van der Waals surface area contributed by atoms with Gasteiger partial charge >= 0.3 is 5.97 Å². The molecule has 1 aliphatic rings. The normalized spacial score (nSPS) is 16.3. The van der Waals surface area contributed by atoms with E-state index < -0.39 is 0 Å². The van der Waals surface area contributed by atoms with Gasteiger partial charge in [-0.1, -0.05) is 54.6 Å². The minimum Gasteiger partial charge on any atom is -0.459 e. The lowest BCUT2D eigenvalue weighted by molar-refractivity contribution is 0.0378. The van der Waals surface area contributed by atoms with Crippen molar-refractivity contribution in [2.45, 2.75) is 32.9 Å². The minimum absolute atomic E-state index is 0.152. The highest BCUT2D eigenvalue weighted by Crippen LogP contribution is 2.23.